The Labute approximate surface area is 107 Å². The number of aromatic amines is 1. The van der Waals surface area contributed by atoms with Gasteiger partial charge in [0.15, 0.2) is 0 Å². The smallest absolute Gasteiger partial charge is 0.215 e. The molecule has 0 fully saturated rings. The first-order chi connectivity index (χ1) is 8.41. The van der Waals surface area contributed by atoms with Crippen LogP contribution < -0.4 is 9.62 Å². The van der Waals surface area contributed by atoms with Gasteiger partial charge in [0.05, 0.1) is 5.75 Å². The molecule has 0 unspecified atom stereocenters. The van der Waals surface area contributed by atoms with Crippen LogP contribution in [0, 0.1) is 0 Å². The molecule has 0 saturated carbocycles. The van der Waals surface area contributed by atoms with Crippen LogP contribution in [-0.2, 0) is 15.8 Å². The van der Waals surface area contributed by atoms with Gasteiger partial charge in [-0.1, -0.05) is 6.07 Å². The van der Waals surface area contributed by atoms with E-state index in [4.69, 9.17) is 0 Å². The minimum atomic E-state index is -3.22. The van der Waals surface area contributed by atoms with E-state index in [1.807, 2.05) is 43.3 Å². The third kappa shape index (κ3) is 2.65. The van der Waals surface area contributed by atoms with Crippen LogP contribution in [0.1, 0.15) is 5.56 Å². The molecule has 0 spiro atoms. The molecule has 0 aliphatic carbocycles. The SMILES string of the molecule is CNS(=O)(=O)Cc1ccc2[nH]c(N(C)C)cc2c1. The number of benzene rings is 1. The average Bonchev–Trinajstić information content (AvgIpc) is 2.71. The monoisotopic (exact) mass is 267 g/mol. The van der Waals surface area contributed by atoms with Gasteiger partial charge in [0.1, 0.15) is 5.82 Å². The maximum Gasteiger partial charge on any atom is 0.215 e. The highest BCUT2D eigenvalue weighted by Gasteiger charge is 2.10. The maximum atomic E-state index is 11.5. The molecule has 0 radical (unpaired) electrons. The number of H-pyrrole nitrogens is 1. The van der Waals surface area contributed by atoms with Crippen LogP contribution in [0.15, 0.2) is 24.3 Å². The van der Waals surface area contributed by atoms with Crippen molar-refractivity contribution < 1.29 is 8.42 Å². The summed E-state index contributed by atoms with van der Waals surface area (Å²) < 4.78 is 25.3. The fourth-order valence-corrected chi connectivity index (χ4v) is 2.55. The van der Waals surface area contributed by atoms with Gasteiger partial charge in [0.25, 0.3) is 0 Å². The van der Waals surface area contributed by atoms with E-state index in [1.54, 1.807) is 0 Å². The largest absolute Gasteiger partial charge is 0.364 e. The second-order valence-corrected chi connectivity index (χ2v) is 6.36. The third-order valence-electron chi connectivity index (χ3n) is 2.82. The molecular weight excluding hydrogens is 250 g/mol. The number of hydrogen-bond donors (Lipinski definition) is 2. The number of anilines is 1. The van der Waals surface area contributed by atoms with Gasteiger partial charge < -0.3 is 9.88 Å². The first-order valence-electron chi connectivity index (χ1n) is 5.61. The van der Waals surface area contributed by atoms with Gasteiger partial charge in [-0.15, -0.1) is 0 Å². The van der Waals surface area contributed by atoms with E-state index in [1.165, 1.54) is 7.05 Å². The number of aromatic nitrogens is 1. The Morgan fingerprint density at radius 2 is 2.00 bits per heavy atom. The highest BCUT2D eigenvalue weighted by molar-refractivity contribution is 7.88. The van der Waals surface area contributed by atoms with Gasteiger partial charge in [-0.3, -0.25) is 0 Å². The van der Waals surface area contributed by atoms with Crippen molar-refractivity contribution in [1.29, 1.82) is 0 Å². The lowest BCUT2D eigenvalue weighted by Crippen LogP contribution is -2.20. The van der Waals surface area contributed by atoms with Gasteiger partial charge in [-0.05, 0) is 30.8 Å². The molecule has 0 bridgehead atoms. The molecule has 98 valence electrons. The minimum Gasteiger partial charge on any atom is -0.364 e. The summed E-state index contributed by atoms with van der Waals surface area (Å²) in [6, 6.07) is 7.63. The molecule has 5 nitrogen and oxygen atoms in total. The number of nitrogens with one attached hydrogen (secondary N) is 2. The summed E-state index contributed by atoms with van der Waals surface area (Å²) in [5.41, 5.74) is 1.78. The molecule has 0 aliphatic rings. The second-order valence-electron chi connectivity index (χ2n) is 4.43. The summed E-state index contributed by atoms with van der Waals surface area (Å²) >= 11 is 0. The van der Waals surface area contributed by atoms with Gasteiger partial charge in [-0.2, -0.15) is 0 Å². The average molecular weight is 267 g/mol. The summed E-state index contributed by atoms with van der Waals surface area (Å²) in [6.07, 6.45) is 0. The lowest BCUT2D eigenvalue weighted by molar-refractivity contribution is 0.587. The number of rotatable bonds is 4. The zero-order valence-corrected chi connectivity index (χ0v) is 11.5. The lowest BCUT2D eigenvalue weighted by atomic mass is 10.2. The summed E-state index contributed by atoms with van der Waals surface area (Å²) in [6.45, 7) is 0. The first-order valence-corrected chi connectivity index (χ1v) is 7.27. The molecule has 1 aromatic heterocycles. The van der Waals surface area contributed by atoms with E-state index in [-0.39, 0.29) is 5.75 Å². The molecule has 2 rings (SSSR count). The highest BCUT2D eigenvalue weighted by Crippen LogP contribution is 2.22. The predicted molar refractivity (Wildman–Crippen MR) is 74.3 cm³/mol. The van der Waals surface area contributed by atoms with Crippen molar-refractivity contribution in [3.8, 4) is 0 Å². The Hall–Kier alpha value is -1.53. The molecule has 2 aromatic rings. The first kappa shape index (κ1) is 12.9. The molecule has 0 saturated heterocycles. The zero-order valence-electron chi connectivity index (χ0n) is 10.7. The Balaban J connectivity index is 2.38. The highest BCUT2D eigenvalue weighted by atomic mass is 32.2. The number of hydrogen-bond acceptors (Lipinski definition) is 3. The Morgan fingerprint density at radius 3 is 2.61 bits per heavy atom. The van der Waals surface area contributed by atoms with E-state index in [2.05, 4.69) is 9.71 Å². The molecule has 1 aromatic carbocycles. The van der Waals surface area contributed by atoms with Crippen molar-refractivity contribution in [2.45, 2.75) is 5.75 Å². The molecule has 0 aliphatic heterocycles. The Morgan fingerprint density at radius 1 is 1.28 bits per heavy atom. The van der Waals surface area contributed by atoms with Crippen molar-refractivity contribution in [3.05, 3.63) is 29.8 Å². The molecule has 18 heavy (non-hydrogen) atoms. The molecule has 6 heteroatoms. The molecule has 0 atom stereocenters. The standard InChI is InChI=1S/C12H17N3O2S/c1-13-18(16,17)8-9-4-5-11-10(6-9)7-12(14-11)15(2)3/h4-7,13-14H,8H2,1-3H3. The van der Waals surface area contributed by atoms with Crippen LogP contribution >= 0.6 is 0 Å². The van der Waals surface area contributed by atoms with E-state index in [0.717, 1.165) is 22.3 Å². The summed E-state index contributed by atoms with van der Waals surface area (Å²) in [5.74, 6) is 1.00. The molecule has 1 heterocycles. The van der Waals surface area contributed by atoms with E-state index in [0.29, 0.717) is 0 Å². The van der Waals surface area contributed by atoms with Crippen LogP contribution in [0.25, 0.3) is 10.9 Å². The van der Waals surface area contributed by atoms with Gasteiger partial charge in [-0.25, -0.2) is 13.1 Å². The van der Waals surface area contributed by atoms with Crippen molar-refractivity contribution in [2.24, 2.45) is 0 Å². The van der Waals surface area contributed by atoms with Crippen LogP contribution in [0.5, 0.6) is 0 Å². The summed E-state index contributed by atoms with van der Waals surface area (Å²) in [5, 5.41) is 1.02. The van der Waals surface area contributed by atoms with Crippen LogP contribution in [-0.4, -0.2) is 34.5 Å². The Bertz CT molecular complexity index is 659. The van der Waals surface area contributed by atoms with Crippen molar-refractivity contribution >= 4 is 26.7 Å². The van der Waals surface area contributed by atoms with Crippen molar-refractivity contribution in [1.82, 2.24) is 9.71 Å². The molecule has 0 amide bonds. The predicted octanol–water partition coefficient (Wildman–Crippen LogP) is 1.28. The normalized spacial score (nSPS) is 11.9. The Kier molecular flexibility index (Phi) is 3.32. The minimum absolute atomic E-state index is 0.00190. The van der Waals surface area contributed by atoms with Crippen LogP contribution in [0.3, 0.4) is 0 Å². The fraction of sp³-hybridized carbons (Fsp3) is 0.333. The number of sulfonamides is 1. The van der Waals surface area contributed by atoms with E-state index >= 15 is 0 Å². The van der Waals surface area contributed by atoms with Crippen molar-refractivity contribution in [3.63, 3.8) is 0 Å². The number of fused-ring (bicyclic) bond motifs is 1. The summed E-state index contributed by atoms with van der Waals surface area (Å²) in [4.78, 5) is 5.24. The topological polar surface area (TPSA) is 65.2 Å². The molecular formula is C12H17N3O2S. The van der Waals surface area contributed by atoms with E-state index < -0.39 is 10.0 Å². The summed E-state index contributed by atoms with van der Waals surface area (Å²) in [7, 11) is 2.11. The molecule has 2 N–H and O–H groups in total. The van der Waals surface area contributed by atoms with Gasteiger partial charge >= 0.3 is 0 Å². The fourth-order valence-electron chi connectivity index (χ4n) is 1.79. The number of nitrogens with zero attached hydrogens (tertiary/aromatic N) is 1. The zero-order chi connectivity index (χ0) is 13.3. The maximum absolute atomic E-state index is 11.5. The van der Waals surface area contributed by atoms with Crippen LogP contribution in [0.2, 0.25) is 0 Å². The van der Waals surface area contributed by atoms with E-state index in [9.17, 15) is 8.42 Å². The lowest BCUT2D eigenvalue weighted by Gasteiger charge is -2.07. The quantitative estimate of drug-likeness (QED) is 0.877. The van der Waals surface area contributed by atoms with Gasteiger partial charge in [0.2, 0.25) is 10.0 Å². The van der Waals surface area contributed by atoms with Gasteiger partial charge in [0, 0.05) is 25.0 Å². The van der Waals surface area contributed by atoms with Crippen molar-refractivity contribution in [2.75, 3.05) is 26.0 Å². The third-order valence-corrected chi connectivity index (χ3v) is 4.16. The van der Waals surface area contributed by atoms with Crippen LogP contribution in [0.4, 0.5) is 5.82 Å². The second kappa shape index (κ2) is 4.62.